The zero-order valence-corrected chi connectivity index (χ0v) is 5.39. The Bertz CT molecular complexity index is 85.4. The molecule has 0 bridgehead atoms. The van der Waals surface area contributed by atoms with Gasteiger partial charge < -0.3 is 0 Å². The van der Waals surface area contributed by atoms with Gasteiger partial charge in [-0.15, -0.1) is 0 Å². The summed E-state index contributed by atoms with van der Waals surface area (Å²) in [6.07, 6.45) is -4.31. The number of hydrogen-bond donors (Lipinski definition) is 0. The van der Waals surface area contributed by atoms with Gasteiger partial charge in [0.2, 0.25) is 0 Å². The standard InChI is InChI=1S/C2ClF3.Al.H/c3-1-2(4,5)6;;. The molecule has 5 heteroatoms. The third-order valence-electron chi connectivity index (χ3n) is 0.308. The average Bonchev–Trinajstić information content (AvgIpc) is 1.31. The summed E-state index contributed by atoms with van der Waals surface area (Å²) in [7, 11) is 0. The maximum absolute atomic E-state index is 11.0. The van der Waals surface area contributed by atoms with Crippen LogP contribution in [0.5, 0.6) is 0 Å². The van der Waals surface area contributed by atoms with Crippen LogP contribution >= 0.6 is 11.6 Å². The van der Waals surface area contributed by atoms with Crippen molar-refractivity contribution >= 4 is 31.3 Å². The van der Waals surface area contributed by atoms with Crippen molar-refractivity contribution in [1.29, 1.82) is 0 Å². The monoisotopic (exact) mass is 144 g/mol. The van der Waals surface area contributed by atoms with Crippen molar-refractivity contribution in [2.45, 2.75) is 6.18 Å². The van der Waals surface area contributed by atoms with E-state index in [1.165, 1.54) is 0 Å². The van der Waals surface area contributed by atoms with Crippen LogP contribution in [0.15, 0.2) is 0 Å². The molecular weight excluding hydrogens is 143 g/mol. The Balaban J connectivity index is 3.79. The molecule has 0 amide bonds. The predicted octanol–water partition coefficient (Wildman–Crippen LogP) is 0.818. The zero-order chi connectivity index (χ0) is 6.08. The van der Waals surface area contributed by atoms with E-state index < -0.39 is 10.0 Å². The van der Waals surface area contributed by atoms with Gasteiger partial charge in [0.05, 0.1) is 0 Å². The van der Waals surface area contributed by atoms with Crippen molar-refractivity contribution in [3.63, 3.8) is 0 Å². The topological polar surface area (TPSA) is 0 Å². The van der Waals surface area contributed by atoms with E-state index >= 15 is 0 Å². The summed E-state index contributed by atoms with van der Waals surface area (Å²) >= 11 is 5.18. The van der Waals surface area contributed by atoms with Crippen molar-refractivity contribution in [3.8, 4) is 0 Å². The van der Waals surface area contributed by atoms with Crippen LogP contribution in [-0.2, 0) is 0 Å². The van der Waals surface area contributed by atoms with Gasteiger partial charge in [0.15, 0.2) is 0 Å². The van der Waals surface area contributed by atoms with Crippen molar-refractivity contribution in [1.82, 2.24) is 0 Å². The Hall–Kier alpha value is 0.482. The van der Waals surface area contributed by atoms with E-state index in [1.807, 2.05) is 0 Å². The molecular formula is C2HAlClF3. The minimum atomic E-state index is -4.31. The van der Waals surface area contributed by atoms with E-state index in [0.29, 0.717) is 15.9 Å². The molecule has 0 nitrogen and oxygen atoms in total. The van der Waals surface area contributed by atoms with Crippen LogP contribution in [0.3, 0.4) is 0 Å². The van der Waals surface area contributed by atoms with Gasteiger partial charge >= 0.3 is 50.6 Å². The maximum atomic E-state index is 11.0. The summed E-state index contributed by atoms with van der Waals surface area (Å²) in [5.41, 5.74) is 0. The normalized spacial score (nSPS) is 11.3. The van der Waals surface area contributed by atoms with Gasteiger partial charge in [0, 0.05) is 0 Å². The van der Waals surface area contributed by atoms with Crippen LogP contribution in [-0.4, -0.2) is 25.9 Å². The van der Waals surface area contributed by atoms with Gasteiger partial charge in [-0.3, -0.25) is 0 Å². The second-order valence-electron chi connectivity index (χ2n) is 0.903. The second kappa shape index (κ2) is 2.17. The van der Waals surface area contributed by atoms with E-state index in [4.69, 9.17) is 0 Å². The Labute approximate surface area is 51.2 Å². The number of rotatable bonds is 0. The summed E-state index contributed by atoms with van der Waals surface area (Å²) in [5, 5.41) is 0. The first-order valence-corrected chi connectivity index (χ1v) is 2.44. The molecule has 0 aromatic carbocycles. The SMILES string of the molecule is FC(F)(F)[C](=[AlH])Cl. The molecule has 0 rings (SSSR count). The van der Waals surface area contributed by atoms with Gasteiger partial charge in [-0.25, -0.2) is 0 Å². The molecule has 0 aromatic heterocycles. The van der Waals surface area contributed by atoms with Gasteiger partial charge in [-0.2, -0.15) is 0 Å². The van der Waals surface area contributed by atoms with Gasteiger partial charge in [0.25, 0.3) is 0 Å². The fraction of sp³-hybridized carbons (Fsp3) is 0.500. The van der Waals surface area contributed by atoms with E-state index in [0.717, 1.165) is 0 Å². The summed E-state index contributed by atoms with van der Waals surface area (Å²) in [4.78, 5) is 0. The van der Waals surface area contributed by atoms with Crippen molar-refractivity contribution in [2.75, 3.05) is 0 Å². The summed E-state index contributed by atoms with van der Waals surface area (Å²) < 4.78 is 32.0. The molecule has 0 atom stereocenters. The first-order valence-electron chi connectivity index (χ1n) is 1.36. The molecule has 0 saturated carbocycles. The van der Waals surface area contributed by atoms with Crippen LogP contribution in [0.4, 0.5) is 13.2 Å². The third kappa shape index (κ3) is 3.10. The Morgan fingerprint density at radius 2 is 1.57 bits per heavy atom. The third-order valence-corrected chi connectivity index (χ3v) is 0.923. The molecule has 0 fully saturated rings. The van der Waals surface area contributed by atoms with Gasteiger partial charge in [0.1, 0.15) is 0 Å². The summed E-state index contributed by atoms with van der Waals surface area (Å²) in [6, 6.07) is 0. The van der Waals surface area contributed by atoms with Gasteiger partial charge in [-0.05, 0) is 0 Å². The molecule has 0 aromatic rings. The zero-order valence-electron chi connectivity index (χ0n) is 3.22. The summed E-state index contributed by atoms with van der Waals surface area (Å²) in [5.74, 6) is 0. The Morgan fingerprint density at radius 3 is 1.57 bits per heavy atom. The number of halogens is 4. The van der Waals surface area contributed by atoms with E-state index in [9.17, 15) is 13.2 Å². The Morgan fingerprint density at radius 1 is 1.43 bits per heavy atom. The average molecular weight is 144 g/mol. The van der Waals surface area contributed by atoms with Crippen LogP contribution in [0.2, 0.25) is 0 Å². The number of hydrogen-bond acceptors (Lipinski definition) is 0. The van der Waals surface area contributed by atoms with Gasteiger partial charge in [-0.1, -0.05) is 0 Å². The molecule has 0 saturated heterocycles. The Kier molecular flexibility index (Phi) is 2.32. The molecule has 0 spiro atoms. The second-order valence-corrected chi connectivity index (χ2v) is 2.51. The first kappa shape index (κ1) is 7.48. The molecule has 40 valence electrons. The van der Waals surface area contributed by atoms with Crippen LogP contribution < -0.4 is 0 Å². The summed E-state index contributed by atoms with van der Waals surface area (Å²) in [6.45, 7) is 0. The molecule has 7 heavy (non-hydrogen) atoms. The van der Waals surface area contributed by atoms with Crippen LogP contribution in [0.1, 0.15) is 0 Å². The van der Waals surface area contributed by atoms with E-state index in [2.05, 4.69) is 11.6 Å². The van der Waals surface area contributed by atoms with Crippen molar-refractivity contribution in [3.05, 3.63) is 0 Å². The van der Waals surface area contributed by atoms with Crippen LogP contribution in [0, 0.1) is 0 Å². The van der Waals surface area contributed by atoms with E-state index in [-0.39, 0.29) is 0 Å². The van der Waals surface area contributed by atoms with E-state index in [1.54, 1.807) is 0 Å². The molecule has 0 aliphatic rings. The molecule has 0 radical (unpaired) electrons. The minimum absolute atomic E-state index is 0.623. The number of alkyl halides is 3. The van der Waals surface area contributed by atoms with Crippen molar-refractivity contribution < 1.29 is 13.2 Å². The predicted molar refractivity (Wildman–Crippen MR) is 24.1 cm³/mol. The quantitative estimate of drug-likeness (QED) is 0.442. The molecule has 0 heterocycles. The molecule has 0 unspecified atom stereocenters. The van der Waals surface area contributed by atoms with Crippen LogP contribution in [0.25, 0.3) is 0 Å². The molecule has 0 aliphatic heterocycles. The molecule has 0 N–H and O–H groups in total. The fourth-order valence-corrected chi connectivity index (χ4v) is 0. The first-order chi connectivity index (χ1) is 2.94. The van der Waals surface area contributed by atoms with Crippen molar-refractivity contribution in [2.24, 2.45) is 0 Å². The fourth-order valence-electron chi connectivity index (χ4n) is 0. The molecule has 0 aliphatic carbocycles.